The predicted octanol–water partition coefficient (Wildman–Crippen LogP) is 6.00. The maximum Gasteiger partial charge on any atom is 0.310 e. The minimum absolute atomic E-state index is 0.238. The number of benzene rings is 1. The smallest absolute Gasteiger partial charge is 0.310 e. The van der Waals surface area contributed by atoms with E-state index in [-0.39, 0.29) is 12.4 Å². The van der Waals surface area contributed by atoms with Crippen molar-refractivity contribution in [1.29, 1.82) is 0 Å². The number of hydrogen-bond acceptors (Lipinski definition) is 5. The molecule has 1 N–H and O–H groups in total. The summed E-state index contributed by atoms with van der Waals surface area (Å²) in [7, 11) is 1.40. The van der Waals surface area contributed by atoms with Crippen molar-refractivity contribution in [3.8, 4) is 11.4 Å². The molecule has 2 aliphatic rings. The van der Waals surface area contributed by atoms with Gasteiger partial charge in [-0.05, 0) is 79.5 Å². The zero-order chi connectivity index (χ0) is 23.3. The molecule has 0 spiro atoms. The Balaban J connectivity index is 1.36. The van der Waals surface area contributed by atoms with Gasteiger partial charge in [0, 0.05) is 41.2 Å². The molecule has 1 saturated heterocycles. The fourth-order valence-corrected chi connectivity index (χ4v) is 5.66. The van der Waals surface area contributed by atoms with Crippen molar-refractivity contribution in [3.05, 3.63) is 71.5 Å². The quantitative estimate of drug-likeness (QED) is 0.384. The Hall–Kier alpha value is -2.57. The van der Waals surface area contributed by atoms with E-state index < -0.39 is 0 Å². The molecular weight excluding hydrogens is 444 g/mol. The molecular formula is C28H32N2O3S. The fourth-order valence-electron chi connectivity index (χ4n) is 4.61. The lowest BCUT2D eigenvalue weighted by Gasteiger charge is -2.27. The number of aromatic nitrogens is 2. The normalized spacial score (nSPS) is 17.4. The zero-order valence-electron chi connectivity index (χ0n) is 19.7. The average Bonchev–Trinajstić information content (AvgIpc) is 3.56. The maximum atomic E-state index is 11.5. The van der Waals surface area contributed by atoms with Crippen molar-refractivity contribution in [3.63, 3.8) is 0 Å². The van der Waals surface area contributed by atoms with Crippen molar-refractivity contribution >= 4 is 17.7 Å². The lowest BCUT2D eigenvalue weighted by molar-refractivity contribution is -0.139. The minimum Gasteiger partial charge on any atom is -0.469 e. The SMILES string of the molecule is COC(=O)Cc1ccc(-c2ccc(C(CC3CCOCC3)c3ccc(SC4CC4)cc3)[nH]2)nc1. The highest BCUT2D eigenvalue weighted by atomic mass is 32.2. The van der Waals surface area contributed by atoms with Gasteiger partial charge in [0.2, 0.25) is 0 Å². The van der Waals surface area contributed by atoms with E-state index in [1.165, 1.54) is 36.1 Å². The molecule has 1 saturated carbocycles. The molecule has 178 valence electrons. The second-order valence-corrected chi connectivity index (χ2v) is 10.7. The van der Waals surface area contributed by atoms with Crippen LogP contribution in [0.15, 0.2) is 59.6 Å². The fraction of sp³-hybridized carbons (Fsp3) is 0.429. The highest BCUT2D eigenvalue weighted by Gasteiger charge is 2.25. The summed E-state index contributed by atoms with van der Waals surface area (Å²) in [6.45, 7) is 1.73. The van der Waals surface area contributed by atoms with Crippen LogP contribution in [-0.4, -0.2) is 41.5 Å². The summed E-state index contributed by atoms with van der Waals surface area (Å²) in [6.07, 6.45) is 8.06. The highest BCUT2D eigenvalue weighted by molar-refractivity contribution is 8.00. The summed E-state index contributed by atoms with van der Waals surface area (Å²) >= 11 is 2.01. The number of aromatic amines is 1. The highest BCUT2D eigenvalue weighted by Crippen LogP contribution is 2.40. The number of hydrogen-bond donors (Lipinski definition) is 1. The van der Waals surface area contributed by atoms with E-state index in [0.29, 0.717) is 11.8 Å². The standard InChI is InChI=1S/C28H32N2O3S/c1-32-28(31)17-20-2-9-26(29-18-20)27-11-10-25(30-27)24(16-19-12-14-33-15-13-19)21-3-5-22(6-4-21)34-23-7-8-23/h2-6,9-11,18-19,23-24,30H,7-8,12-17H2,1H3. The monoisotopic (exact) mass is 476 g/mol. The predicted molar refractivity (Wildman–Crippen MR) is 135 cm³/mol. The molecule has 0 bridgehead atoms. The van der Waals surface area contributed by atoms with Gasteiger partial charge in [0.25, 0.3) is 0 Å². The summed E-state index contributed by atoms with van der Waals surface area (Å²) in [6, 6.07) is 17.4. The minimum atomic E-state index is -0.255. The number of nitrogens with one attached hydrogen (secondary N) is 1. The van der Waals surface area contributed by atoms with Gasteiger partial charge >= 0.3 is 5.97 Å². The van der Waals surface area contributed by atoms with Crippen molar-refractivity contribution < 1.29 is 14.3 Å². The Kier molecular flexibility index (Phi) is 7.36. The van der Waals surface area contributed by atoms with Gasteiger partial charge in [-0.1, -0.05) is 18.2 Å². The molecule has 1 aromatic carbocycles. The number of esters is 1. The molecule has 1 aliphatic heterocycles. The van der Waals surface area contributed by atoms with Gasteiger partial charge in [-0.25, -0.2) is 0 Å². The van der Waals surface area contributed by atoms with Gasteiger partial charge in [0.05, 0.1) is 24.9 Å². The van der Waals surface area contributed by atoms with Crippen LogP contribution < -0.4 is 0 Å². The van der Waals surface area contributed by atoms with Crippen molar-refractivity contribution in [1.82, 2.24) is 9.97 Å². The lowest BCUT2D eigenvalue weighted by Crippen LogP contribution is -2.18. The molecule has 6 heteroatoms. The summed E-state index contributed by atoms with van der Waals surface area (Å²) < 4.78 is 10.4. The third kappa shape index (κ3) is 5.91. The van der Waals surface area contributed by atoms with Crippen LogP contribution in [0.5, 0.6) is 0 Å². The number of rotatable bonds is 9. The average molecular weight is 477 g/mol. The molecule has 3 aromatic rings. The largest absolute Gasteiger partial charge is 0.469 e. The Morgan fingerprint density at radius 2 is 1.88 bits per heavy atom. The first-order valence-electron chi connectivity index (χ1n) is 12.2. The van der Waals surface area contributed by atoms with E-state index in [1.54, 1.807) is 6.20 Å². The van der Waals surface area contributed by atoms with Gasteiger partial charge in [-0.15, -0.1) is 11.8 Å². The van der Waals surface area contributed by atoms with Crippen LogP contribution >= 0.6 is 11.8 Å². The Morgan fingerprint density at radius 1 is 1.09 bits per heavy atom. The summed E-state index contributed by atoms with van der Waals surface area (Å²) in [5.41, 5.74) is 5.31. The molecule has 2 aromatic heterocycles. The molecule has 3 heterocycles. The van der Waals surface area contributed by atoms with E-state index >= 15 is 0 Å². The Labute approximate surface area is 205 Å². The topological polar surface area (TPSA) is 64.2 Å². The van der Waals surface area contributed by atoms with Gasteiger partial charge in [-0.2, -0.15) is 0 Å². The van der Waals surface area contributed by atoms with Crippen molar-refractivity contribution in [2.24, 2.45) is 5.92 Å². The van der Waals surface area contributed by atoms with Crippen LogP contribution in [0.1, 0.15) is 54.8 Å². The number of pyridine rings is 1. The first-order valence-corrected chi connectivity index (χ1v) is 13.1. The van der Waals surface area contributed by atoms with Crippen LogP contribution in [0, 0.1) is 5.92 Å². The van der Waals surface area contributed by atoms with Crippen LogP contribution in [0.25, 0.3) is 11.4 Å². The molecule has 1 unspecified atom stereocenters. The molecule has 5 nitrogen and oxygen atoms in total. The van der Waals surface area contributed by atoms with E-state index in [0.717, 1.165) is 54.7 Å². The Bertz CT molecular complexity index is 1080. The van der Waals surface area contributed by atoms with E-state index in [9.17, 15) is 4.79 Å². The van der Waals surface area contributed by atoms with Crippen LogP contribution in [0.3, 0.4) is 0 Å². The van der Waals surface area contributed by atoms with E-state index in [2.05, 4.69) is 46.4 Å². The number of carbonyl (C=O) groups is 1. The Morgan fingerprint density at radius 3 is 2.56 bits per heavy atom. The second-order valence-electron chi connectivity index (χ2n) is 9.36. The van der Waals surface area contributed by atoms with Crippen molar-refractivity contribution in [2.45, 2.75) is 54.6 Å². The third-order valence-corrected chi connectivity index (χ3v) is 8.13. The molecule has 2 fully saturated rings. The number of thioether (sulfide) groups is 1. The number of carbonyl (C=O) groups excluding carboxylic acids is 1. The summed E-state index contributed by atoms with van der Waals surface area (Å²) in [4.78, 5) is 21.1. The van der Waals surface area contributed by atoms with Crippen molar-refractivity contribution in [2.75, 3.05) is 20.3 Å². The molecule has 1 aliphatic carbocycles. The maximum absolute atomic E-state index is 11.5. The summed E-state index contributed by atoms with van der Waals surface area (Å²) in [5.74, 6) is 0.728. The first kappa shape index (κ1) is 23.2. The molecule has 0 radical (unpaired) electrons. The molecule has 5 rings (SSSR count). The number of ether oxygens (including phenoxy) is 2. The molecule has 34 heavy (non-hydrogen) atoms. The summed E-state index contributed by atoms with van der Waals surface area (Å²) in [5, 5.41) is 0.821. The second kappa shape index (κ2) is 10.8. The zero-order valence-corrected chi connectivity index (χ0v) is 20.5. The lowest BCUT2D eigenvalue weighted by atomic mass is 9.83. The molecule has 0 amide bonds. The first-order chi connectivity index (χ1) is 16.7. The van der Waals surface area contributed by atoms with Gasteiger partial charge < -0.3 is 14.5 Å². The van der Waals surface area contributed by atoms with Gasteiger partial charge in [-0.3, -0.25) is 9.78 Å². The van der Waals surface area contributed by atoms with Crippen LogP contribution in [-0.2, 0) is 20.7 Å². The van der Waals surface area contributed by atoms with Crippen LogP contribution in [0.4, 0.5) is 0 Å². The number of methoxy groups -OCH3 is 1. The number of nitrogens with zero attached hydrogens (tertiary/aromatic N) is 1. The third-order valence-electron chi connectivity index (χ3n) is 6.78. The van der Waals surface area contributed by atoms with E-state index in [4.69, 9.17) is 9.47 Å². The van der Waals surface area contributed by atoms with Gasteiger partial charge in [0.1, 0.15) is 0 Å². The van der Waals surface area contributed by atoms with Gasteiger partial charge in [0.15, 0.2) is 0 Å². The van der Waals surface area contributed by atoms with Crippen LogP contribution in [0.2, 0.25) is 0 Å². The van der Waals surface area contributed by atoms with E-state index in [1.807, 2.05) is 23.9 Å². The number of H-pyrrole nitrogens is 1. The molecule has 1 atom stereocenters.